The SMILES string of the molecule is CCc1cccc(CC)c1N1C(=O)C2C(c3ccc(OC(C)=O)cc3)NC(Cc3ccc(O)cc3)(C(=O)O)C2C1=O. The maximum absolute atomic E-state index is 14.4. The second kappa shape index (κ2) is 10.8. The third-order valence-electron chi connectivity index (χ3n) is 8.14. The monoisotopic (exact) mass is 556 g/mol. The van der Waals surface area contributed by atoms with E-state index in [0.717, 1.165) is 11.1 Å². The number of anilines is 1. The number of rotatable bonds is 8. The fraction of sp³-hybridized carbons (Fsp3) is 0.312. The number of amides is 2. The molecule has 3 aromatic rings. The van der Waals surface area contributed by atoms with Crippen molar-refractivity contribution >= 4 is 29.4 Å². The molecule has 4 atom stereocenters. The van der Waals surface area contributed by atoms with E-state index in [-0.39, 0.29) is 12.2 Å². The molecule has 2 fully saturated rings. The quantitative estimate of drug-likeness (QED) is 0.216. The minimum Gasteiger partial charge on any atom is -0.508 e. The topological polar surface area (TPSA) is 133 Å². The Morgan fingerprint density at radius 3 is 2.07 bits per heavy atom. The second-order valence-electron chi connectivity index (χ2n) is 10.6. The highest BCUT2D eigenvalue weighted by molar-refractivity contribution is 6.25. The Labute approximate surface area is 237 Å². The summed E-state index contributed by atoms with van der Waals surface area (Å²) in [6.45, 7) is 5.19. The first-order chi connectivity index (χ1) is 19.6. The molecule has 4 unspecified atom stereocenters. The number of nitrogens with zero attached hydrogens (tertiary/aromatic N) is 1. The van der Waals surface area contributed by atoms with Crippen LogP contribution in [0.5, 0.6) is 11.5 Å². The number of imide groups is 1. The van der Waals surface area contributed by atoms with Crippen molar-refractivity contribution in [2.45, 2.75) is 51.6 Å². The van der Waals surface area contributed by atoms with Crippen molar-refractivity contribution < 1.29 is 34.1 Å². The lowest BCUT2D eigenvalue weighted by atomic mass is 9.76. The van der Waals surface area contributed by atoms with Gasteiger partial charge in [-0.1, -0.05) is 56.3 Å². The number of carboxylic acid groups (broad SMARTS) is 1. The molecule has 2 amide bonds. The van der Waals surface area contributed by atoms with Crippen molar-refractivity contribution in [3.8, 4) is 11.5 Å². The molecule has 0 radical (unpaired) electrons. The predicted octanol–water partition coefficient (Wildman–Crippen LogP) is 3.96. The van der Waals surface area contributed by atoms with E-state index >= 15 is 0 Å². The lowest BCUT2D eigenvalue weighted by molar-refractivity contribution is -0.148. The molecule has 0 aromatic heterocycles. The molecule has 2 aliphatic rings. The van der Waals surface area contributed by atoms with Crippen molar-refractivity contribution in [1.29, 1.82) is 0 Å². The molecule has 3 N–H and O–H groups in total. The van der Waals surface area contributed by atoms with E-state index in [4.69, 9.17) is 4.74 Å². The van der Waals surface area contributed by atoms with Gasteiger partial charge in [-0.3, -0.25) is 24.5 Å². The van der Waals surface area contributed by atoms with Crippen LogP contribution in [0.2, 0.25) is 0 Å². The molecule has 9 nitrogen and oxygen atoms in total. The number of aromatic hydroxyl groups is 1. The lowest BCUT2D eigenvalue weighted by Crippen LogP contribution is -2.57. The molecule has 41 heavy (non-hydrogen) atoms. The van der Waals surface area contributed by atoms with Gasteiger partial charge in [0.05, 0.1) is 17.5 Å². The summed E-state index contributed by atoms with van der Waals surface area (Å²) in [4.78, 5) is 54.5. The summed E-state index contributed by atoms with van der Waals surface area (Å²) >= 11 is 0. The summed E-state index contributed by atoms with van der Waals surface area (Å²) in [5.41, 5.74) is 1.57. The number of phenols is 1. The van der Waals surface area contributed by atoms with Crippen molar-refractivity contribution in [3.63, 3.8) is 0 Å². The van der Waals surface area contributed by atoms with Crippen LogP contribution in [0.15, 0.2) is 66.7 Å². The number of para-hydroxylation sites is 1. The smallest absolute Gasteiger partial charge is 0.325 e. The van der Waals surface area contributed by atoms with Gasteiger partial charge in [0.2, 0.25) is 11.8 Å². The number of carbonyl (C=O) groups is 4. The number of esters is 1. The van der Waals surface area contributed by atoms with Crippen LogP contribution in [0.1, 0.15) is 49.1 Å². The summed E-state index contributed by atoms with van der Waals surface area (Å²) in [5.74, 6) is -4.59. The number of hydrogen-bond donors (Lipinski definition) is 3. The lowest BCUT2D eigenvalue weighted by Gasteiger charge is -2.32. The average molecular weight is 557 g/mol. The van der Waals surface area contributed by atoms with Gasteiger partial charge in [-0.25, -0.2) is 4.90 Å². The van der Waals surface area contributed by atoms with Gasteiger partial charge in [0.15, 0.2) is 0 Å². The van der Waals surface area contributed by atoms with E-state index < -0.39 is 47.2 Å². The van der Waals surface area contributed by atoms with Crippen molar-refractivity contribution in [2.75, 3.05) is 4.90 Å². The number of hydrogen-bond acceptors (Lipinski definition) is 7. The Balaban J connectivity index is 1.66. The van der Waals surface area contributed by atoms with Crippen LogP contribution in [-0.4, -0.2) is 39.5 Å². The number of benzene rings is 3. The fourth-order valence-electron chi connectivity index (χ4n) is 6.29. The molecule has 5 rings (SSSR count). The number of fused-ring (bicyclic) bond motifs is 1. The van der Waals surface area contributed by atoms with Gasteiger partial charge in [0.1, 0.15) is 17.0 Å². The zero-order valence-electron chi connectivity index (χ0n) is 23.1. The maximum atomic E-state index is 14.4. The van der Waals surface area contributed by atoms with E-state index in [1.54, 1.807) is 36.4 Å². The first kappa shape index (κ1) is 28.0. The van der Waals surface area contributed by atoms with Gasteiger partial charge < -0.3 is 14.9 Å². The molecular formula is C32H32N2O7. The number of phenolic OH excluding ortho intramolecular Hbond substituents is 1. The van der Waals surface area contributed by atoms with Crippen molar-refractivity contribution in [3.05, 3.63) is 89.0 Å². The highest BCUT2D eigenvalue weighted by Crippen LogP contribution is 2.52. The summed E-state index contributed by atoms with van der Waals surface area (Å²) in [6.07, 6.45) is 1.09. The maximum Gasteiger partial charge on any atom is 0.325 e. The van der Waals surface area contributed by atoms with Crippen molar-refractivity contribution in [2.24, 2.45) is 11.8 Å². The third-order valence-corrected chi connectivity index (χ3v) is 8.14. The average Bonchev–Trinajstić information content (AvgIpc) is 3.43. The molecule has 212 valence electrons. The summed E-state index contributed by atoms with van der Waals surface area (Å²) in [6, 6.07) is 17.5. The molecule has 2 aliphatic heterocycles. The number of aryl methyl sites for hydroxylation is 2. The van der Waals surface area contributed by atoms with Crippen molar-refractivity contribution in [1.82, 2.24) is 5.32 Å². The molecular weight excluding hydrogens is 524 g/mol. The van der Waals surface area contributed by atoms with E-state index in [9.17, 15) is 29.4 Å². The Morgan fingerprint density at radius 1 is 0.927 bits per heavy atom. The number of aliphatic carboxylic acids is 1. The molecule has 2 heterocycles. The van der Waals surface area contributed by atoms with Gasteiger partial charge in [0, 0.05) is 19.4 Å². The molecule has 0 aliphatic carbocycles. The molecule has 9 heteroatoms. The van der Waals surface area contributed by atoms with Crippen LogP contribution in [-0.2, 0) is 38.4 Å². The number of carbonyl (C=O) groups excluding carboxylic acids is 3. The van der Waals surface area contributed by atoms with E-state index in [2.05, 4.69) is 5.32 Å². The summed E-state index contributed by atoms with van der Waals surface area (Å²) in [5, 5.41) is 23.7. The highest BCUT2D eigenvalue weighted by atomic mass is 16.5. The predicted molar refractivity (Wildman–Crippen MR) is 150 cm³/mol. The Morgan fingerprint density at radius 2 is 1.54 bits per heavy atom. The zero-order valence-corrected chi connectivity index (χ0v) is 23.1. The van der Waals surface area contributed by atoms with Crippen LogP contribution in [0.25, 0.3) is 0 Å². The van der Waals surface area contributed by atoms with Crippen LogP contribution < -0.4 is 15.0 Å². The van der Waals surface area contributed by atoms with Gasteiger partial charge in [-0.2, -0.15) is 0 Å². The Kier molecular flexibility index (Phi) is 7.40. The van der Waals surface area contributed by atoms with Gasteiger partial charge >= 0.3 is 11.9 Å². The van der Waals surface area contributed by atoms with Gasteiger partial charge in [0.25, 0.3) is 0 Å². The second-order valence-corrected chi connectivity index (χ2v) is 10.6. The molecule has 0 saturated carbocycles. The van der Waals surface area contributed by atoms with E-state index in [1.807, 2.05) is 32.0 Å². The van der Waals surface area contributed by atoms with Crippen LogP contribution in [0.4, 0.5) is 5.69 Å². The molecule has 3 aromatic carbocycles. The van der Waals surface area contributed by atoms with Crippen LogP contribution in [0, 0.1) is 11.8 Å². The molecule has 0 spiro atoms. The Bertz CT molecular complexity index is 1490. The minimum absolute atomic E-state index is 0.0303. The first-order valence-electron chi connectivity index (χ1n) is 13.7. The van der Waals surface area contributed by atoms with E-state index in [1.165, 1.54) is 24.0 Å². The fourth-order valence-corrected chi connectivity index (χ4v) is 6.29. The normalized spacial score (nSPS) is 23.5. The number of carboxylic acids is 1. The summed E-state index contributed by atoms with van der Waals surface area (Å²) < 4.78 is 5.15. The summed E-state index contributed by atoms with van der Waals surface area (Å²) in [7, 11) is 0. The van der Waals surface area contributed by atoms with Crippen LogP contribution in [0.3, 0.4) is 0 Å². The largest absolute Gasteiger partial charge is 0.508 e. The third kappa shape index (κ3) is 4.76. The van der Waals surface area contributed by atoms with E-state index in [0.29, 0.717) is 35.4 Å². The number of nitrogens with one attached hydrogen (secondary N) is 1. The number of ether oxygens (including phenoxy) is 1. The highest BCUT2D eigenvalue weighted by Gasteiger charge is 2.68. The first-order valence-corrected chi connectivity index (χ1v) is 13.7. The standard InChI is InChI=1S/C32H32N2O7/c1-4-20-7-6-8-21(5-2)28(20)34-29(37)25-26(30(34)38)32(31(39)40,17-19-9-13-23(36)14-10-19)33-27(25)22-11-15-24(16-12-22)41-18(3)35/h6-16,25-27,33,36H,4-5,17H2,1-3H3,(H,39,40). The Hall–Kier alpha value is -4.50. The molecule has 0 bridgehead atoms. The van der Waals surface area contributed by atoms with Crippen LogP contribution >= 0.6 is 0 Å². The minimum atomic E-state index is -1.81. The van der Waals surface area contributed by atoms with Gasteiger partial charge in [-0.05, 0) is 59.4 Å². The zero-order chi connectivity index (χ0) is 29.5. The molecule has 2 saturated heterocycles. The van der Waals surface area contributed by atoms with Gasteiger partial charge in [-0.15, -0.1) is 0 Å².